The summed E-state index contributed by atoms with van der Waals surface area (Å²) in [6.45, 7) is 4.42. The summed E-state index contributed by atoms with van der Waals surface area (Å²) in [5, 5.41) is 0. The van der Waals surface area contributed by atoms with E-state index in [0.29, 0.717) is 12.3 Å². The average molecular weight is 313 g/mol. The molecule has 124 valence electrons. The van der Waals surface area contributed by atoms with Gasteiger partial charge in [-0.3, -0.25) is 4.79 Å². The number of fused-ring (bicyclic) bond motifs is 1. The molecular formula is C19H27N3O. The van der Waals surface area contributed by atoms with Gasteiger partial charge in [-0.2, -0.15) is 0 Å². The van der Waals surface area contributed by atoms with E-state index < -0.39 is 0 Å². The SMILES string of the molecule is Cc1ccc2nc(C3CCC(C)CC3)c(CC(=O)N(C)C)n2c1. The second-order valence-corrected chi connectivity index (χ2v) is 7.30. The van der Waals surface area contributed by atoms with Crippen molar-refractivity contribution in [1.29, 1.82) is 0 Å². The van der Waals surface area contributed by atoms with Crippen molar-refractivity contribution in [3.8, 4) is 0 Å². The summed E-state index contributed by atoms with van der Waals surface area (Å²) in [4.78, 5) is 18.9. The van der Waals surface area contributed by atoms with Gasteiger partial charge in [0, 0.05) is 26.2 Å². The van der Waals surface area contributed by atoms with E-state index in [0.717, 1.165) is 23.0 Å². The molecule has 2 aromatic rings. The number of aryl methyl sites for hydroxylation is 1. The number of rotatable bonds is 3. The van der Waals surface area contributed by atoms with Gasteiger partial charge in [-0.1, -0.05) is 25.8 Å². The molecule has 23 heavy (non-hydrogen) atoms. The molecule has 0 aromatic carbocycles. The lowest BCUT2D eigenvalue weighted by molar-refractivity contribution is -0.128. The molecule has 1 aliphatic carbocycles. The van der Waals surface area contributed by atoms with Crippen LogP contribution in [0.25, 0.3) is 5.65 Å². The molecule has 0 aliphatic heterocycles. The molecule has 1 aliphatic rings. The number of carbonyl (C=O) groups is 1. The topological polar surface area (TPSA) is 37.6 Å². The molecule has 4 nitrogen and oxygen atoms in total. The maximum atomic E-state index is 12.3. The van der Waals surface area contributed by atoms with Crippen LogP contribution in [0, 0.1) is 12.8 Å². The van der Waals surface area contributed by atoms with Gasteiger partial charge in [0.05, 0.1) is 17.8 Å². The lowest BCUT2D eigenvalue weighted by Crippen LogP contribution is -2.25. The van der Waals surface area contributed by atoms with E-state index in [4.69, 9.17) is 4.98 Å². The summed E-state index contributed by atoms with van der Waals surface area (Å²) in [6, 6.07) is 4.15. The molecule has 3 rings (SSSR count). The van der Waals surface area contributed by atoms with Gasteiger partial charge in [0.15, 0.2) is 0 Å². The predicted octanol–water partition coefficient (Wildman–Crippen LogP) is 3.57. The molecular weight excluding hydrogens is 286 g/mol. The van der Waals surface area contributed by atoms with E-state index in [1.54, 1.807) is 4.90 Å². The number of likely N-dealkylation sites (N-methyl/N-ethyl adjacent to an activating group) is 1. The molecule has 0 bridgehead atoms. The lowest BCUT2D eigenvalue weighted by atomic mass is 9.80. The minimum absolute atomic E-state index is 0.138. The monoisotopic (exact) mass is 313 g/mol. The third kappa shape index (κ3) is 3.26. The van der Waals surface area contributed by atoms with Crippen LogP contribution in [-0.2, 0) is 11.2 Å². The highest BCUT2D eigenvalue weighted by atomic mass is 16.2. The van der Waals surface area contributed by atoms with Crippen molar-refractivity contribution >= 4 is 11.6 Å². The van der Waals surface area contributed by atoms with Gasteiger partial charge in [-0.15, -0.1) is 0 Å². The van der Waals surface area contributed by atoms with Gasteiger partial charge in [0.1, 0.15) is 5.65 Å². The maximum Gasteiger partial charge on any atom is 0.228 e. The van der Waals surface area contributed by atoms with Gasteiger partial charge in [-0.05, 0) is 37.3 Å². The van der Waals surface area contributed by atoms with Crippen LogP contribution in [0.2, 0.25) is 0 Å². The molecule has 0 spiro atoms. The zero-order chi connectivity index (χ0) is 16.6. The fourth-order valence-electron chi connectivity index (χ4n) is 3.56. The molecule has 0 N–H and O–H groups in total. The summed E-state index contributed by atoms with van der Waals surface area (Å²) < 4.78 is 2.13. The fourth-order valence-corrected chi connectivity index (χ4v) is 3.56. The highest BCUT2D eigenvalue weighted by Gasteiger charge is 2.26. The molecule has 0 unspecified atom stereocenters. The molecule has 2 aromatic heterocycles. The van der Waals surface area contributed by atoms with Crippen molar-refractivity contribution in [2.75, 3.05) is 14.1 Å². The number of nitrogens with zero attached hydrogens (tertiary/aromatic N) is 3. The number of hydrogen-bond acceptors (Lipinski definition) is 2. The van der Waals surface area contributed by atoms with Crippen LogP contribution in [0.3, 0.4) is 0 Å². The zero-order valence-electron chi connectivity index (χ0n) is 14.7. The normalized spacial score (nSPS) is 21.6. The number of amides is 1. The van der Waals surface area contributed by atoms with E-state index >= 15 is 0 Å². The van der Waals surface area contributed by atoms with Crippen molar-refractivity contribution in [2.24, 2.45) is 5.92 Å². The van der Waals surface area contributed by atoms with E-state index in [2.05, 4.69) is 36.6 Å². The van der Waals surface area contributed by atoms with Crippen molar-refractivity contribution in [3.63, 3.8) is 0 Å². The fraction of sp³-hybridized carbons (Fsp3) is 0.579. The Kier molecular flexibility index (Phi) is 4.42. The Bertz CT molecular complexity index is 709. The van der Waals surface area contributed by atoms with Crippen LogP contribution in [0.4, 0.5) is 0 Å². The van der Waals surface area contributed by atoms with Crippen molar-refractivity contribution in [2.45, 2.75) is 51.9 Å². The summed E-state index contributed by atoms with van der Waals surface area (Å²) in [5.74, 6) is 1.45. The Balaban J connectivity index is 2.03. The van der Waals surface area contributed by atoms with Crippen molar-refractivity contribution < 1.29 is 4.79 Å². The minimum Gasteiger partial charge on any atom is -0.348 e. The summed E-state index contributed by atoms with van der Waals surface area (Å²) in [5.41, 5.74) is 4.39. The highest BCUT2D eigenvalue weighted by Crippen LogP contribution is 2.37. The number of aromatic nitrogens is 2. The molecule has 1 saturated carbocycles. The smallest absolute Gasteiger partial charge is 0.228 e. The molecule has 0 atom stereocenters. The van der Waals surface area contributed by atoms with Gasteiger partial charge < -0.3 is 9.30 Å². The van der Waals surface area contributed by atoms with E-state index in [1.807, 2.05) is 14.1 Å². The minimum atomic E-state index is 0.138. The number of carbonyl (C=O) groups excluding carboxylic acids is 1. The quantitative estimate of drug-likeness (QED) is 0.869. The molecule has 1 amide bonds. The van der Waals surface area contributed by atoms with Gasteiger partial charge in [0.2, 0.25) is 5.91 Å². The Hall–Kier alpha value is -1.84. The van der Waals surface area contributed by atoms with E-state index in [-0.39, 0.29) is 5.91 Å². The Morgan fingerprint density at radius 1 is 1.26 bits per heavy atom. The third-order valence-electron chi connectivity index (χ3n) is 5.12. The predicted molar refractivity (Wildman–Crippen MR) is 92.7 cm³/mol. The molecule has 1 fully saturated rings. The average Bonchev–Trinajstić information content (AvgIpc) is 2.86. The molecule has 0 radical (unpaired) electrons. The second-order valence-electron chi connectivity index (χ2n) is 7.30. The first-order valence-electron chi connectivity index (χ1n) is 8.63. The van der Waals surface area contributed by atoms with Crippen molar-refractivity contribution in [3.05, 3.63) is 35.3 Å². The Morgan fingerprint density at radius 3 is 2.61 bits per heavy atom. The van der Waals surface area contributed by atoms with Crippen LogP contribution in [0.15, 0.2) is 18.3 Å². The van der Waals surface area contributed by atoms with Gasteiger partial charge in [-0.25, -0.2) is 4.98 Å². The molecule has 4 heteroatoms. The summed E-state index contributed by atoms with van der Waals surface area (Å²) in [6.07, 6.45) is 7.44. The Morgan fingerprint density at radius 2 is 1.96 bits per heavy atom. The summed E-state index contributed by atoms with van der Waals surface area (Å²) in [7, 11) is 3.64. The number of imidazole rings is 1. The van der Waals surface area contributed by atoms with E-state index in [9.17, 15) is 4.79 Å². The van der Waals surface area contributed by atoms with Crippen LogP contribution in [0.1, 0.15) is 55.5 Å². The molecule has 2 heterocycles. The lowest BCUT2D eigenvalue weighted by Gasteiger charge is -2.25. The summed E-state index contributed by atoms with van der Waals surface area (Å²) >= 11 is 0. The first-order chi connectivity index (χ1) is 11.0. The number of pyridine rings is 1. The van der Waals surface area contributed by atoms with Gasteiger partial charge in [0.25, 0.3) is 0 Å². The maximum absolute atomic E-state index is 12.3. The second kappa shape index (κ2) is 6.34. The molecule has 0 saturated heterocycles. The largest absolute Gasteiger partial charge is 0.348 e. The zero-order valence-corrected chi connectivity index (χ0v) is 14.7. The van der Waals surface area contributed by atoms with Crippen LogP contribution < -0.4 is 0 Å². The van der Waals surface area contributed by atoms with Crippen molar-refractivity contribution in [1.82, 2.24) is 14.3 Å². The van der Waals surface area contributed by atoms with Crippen LogP contribution in [-0.4, -0.2) is 34.3 Å². The standard InChI is InChI=1S/C19H27N3O/c1-13-5-8-15(9-6-13)19-16(11-18(23)21(3)4)22-12-14(2)7-10-17(22)20-19/h7,10,12-13,15H,5-6,8-9,11H2,1-4H3. The van der Waals surface area contributed by atoms with Crippen LogP contribution in [0.5, 0.6) is 0 Å². The highest BCUT2D eigenvalue weighted by molar-refractivity contribution is 5.78. The third-order valence-corrected chi connectivity index (χ3v) is 5.12. The number of hydrogen-bond donors (Lipinski definition) is 0. The van der Waals surface area contributed by atoms with E-state index in [1.165, 1.54) is 31.2 Å². The first-order valence-corrected chi connectivity index (χ1v) is 8.63. The van der Waals surface area contributed by atoms with Gasteiger partial charge >= 0.3 is 0 Å². The Labute approximate surface area is 138 Å². The first kappa shape index (κ1) is 16.0. The van der Waals surface area contributed by atoms with Crippen LogP contribution >= 0.6 is 0 Å².